The number of benzene rings is 1. The number of hydrogen-bond acceptors (Lipinski definition) is 6. The Morgan fingerprint density at radius 3 is 2.64 bits per heavy atom. The lowest BCUT2D eigenvalue weighted by Gasteiger charge is -2.20. The standard InChI is InChI=1S/C16H20O6/c1-9(17)14-5-3-2-4-12(19)16-10(7-15(21)22-14)6-11(18)8-13(16)20/h6,8-9,14,17-18,20H,2-5,7H2,1H3/t9-,14-/m0/s1. The van der Waals surface area contributed by atoms with E-state index < -0.39 is 18.2 Å². The lowest BCUT2D eigenvalue weighted by Crippen LogP contribution is -2.29. The van der Waals surface area contributed by atoms with Gasteiger partial charge in [0.05, 0.1) is 18.1 Å². The molecule has 1 aliphatic rings. The number of ketones is 1. The lowest BCUT2D eigenvalue weighted by molar-refractivity contribution is -0.154. The Morgan fingerprint density at radius 1 is 1.23 bits per heavy atom. The van der Waals surface area contributed by atoms with Gasteiger partial charge in [0.25, 0.3) is 0 Å². The average Bonchev–Trinajstić information content (AvgIpc) is 2.42. The number of cyclic esters (lactones) is 1. The van der Waals surface area contributed by atoms with Crippen molar-refractivity contribution >= 4 is 11.8 Å². The lowest BCUT2D eigenvalue weighted by atomic mass is 9.96. The molecule has 22 heavy (non-hydrogen) atoms. The number of phenols is 2. The van der Waals surface area contributed by atoms with Gasteiger partial charge in [0.2, 0.25) is 0 Å². The SMILES string of the molecule is C[C@H](O)[C@@H]1CCCCC(=O)c2c(O)cc(O)cc2CC(=O)O1. The Labute approximate surface area is 128 Å². The smallest absolute Gasteiger partial charge is 0.310 e. The summed E-state index contributed by atoms with van der Waals surface area (Å²) in [6.07, 6.45) is 0.248. The van der Waals surface area contributed by atoms with Gasteiger partial charge in [-0.25, -0.2) is 0 Å². The normalized spacial score (nSPS) is 21.5. The predicted octanol–water partition coefficient (Wildman–Crippen LogP) is 1.69. The van der Waals surface area contributed by atoms with Gasteiger partial charge in [-0.2, -0.15) is 0 Å². The highest BCUT2D eigenvalue weighted by Gasteiger charge is 2.25. The molecular formula is C16H20O6. The number of rotatable bonds is 1. The van der Waals surface area contributed by atoms with Crippen LogP contribution in [0.5, 0.6) is 11.5 Å². The van der Waals surface area contributed by atoms with Gasteiger partial charge in [0, 0.05) is 12.5 Å². The van der Waals surface area contributed by atoms with E-state index in [0.717, 1.165) is 6.07 Å². The van der Waals surface area contributed by atoms with Crippen molar-refractivity contribution in [2.75, 3.05) is 0 Å². The molecule has 0 aromatic heterocycles. The second-order valence-corrected chi connectivity index (χ2v) is 5.61. The van der Waals surface area contributed by atoms with Gasteiger partial charge in [-0.15, -0.1) is 0 Å². The molecule has 1 heterocycles. The van der Waals surface area contributed by atoms with Gasteiger partial charge < -0.3 is 20.1 Å². The predicted molar refractivity (Wildman–Crippen MR) is 77.8 cm³/mol. The van der Waals surface area contributed by atoms with Crippen molar-refractivity contribution in [2.45, 2.75) is 51.2 Å². The molecule has 0 amide bonds. The summed E-state index contributed by atoms with van der Waals surface area (Å²) < 4.78 is 5.25. The minimum Gasteiger partial charge on any atom is -0.508 e. The molecule has 6 heteroatoms. The molecule has 0 saturated heterocycles. The van der Waals surface area contributed by atoms with E-state index in [0.29, 0.717) is 19.3 Å². The number of carbonyl (C=O) groups is 2. The number of carbonyl (C=O) groups excluding carboxylic acids is 2. The molecule has 3 N–H and O–H groups in total. The van der Waals surface area contributed by atoms with Crippen LogP contribution in [0.4, 0.5) is 0 Å². The Morgan fingerprint density at radius 2 is 1.95 bits per heavy atom. The van der Waals surface area contributed by atoms with E-state index in [4.69, 9.17) is 4.74 Å². The molecule has 0 unspecified atom stereocenters. The molecule has 0 spiro atoms. The van der Waals surface area contributed by atoms with Gasteiger partial charge in [-0.05, 0) is 37.8 Å². The Hall–Kier alpha value is -2.08. The molecule has 0 aliphatic carbocycles. The molecule has 2 atom stereocenters. The largest absolute Gasteiger partial charge is 0.508 e. The van der Waals surface area contributed by atoms with Crippen LogP contribution in [-0.4, -0.2) is 39.3 Å². The molecule has 0 saturated carbocycles. The third-order valence-corrected chi connectivity index (χ3v) is 3.76. The zero-order valence-corrected chi connectivity index (χ0v) is 12.4. The summed E-state index contributed by atoms with van der Waals surface area (Å²) in [5.74, 6) is -1.43. The van der Waals surface area contributed by atoms with E-state index in [9.17, 15) is 24.9 Å². The molecule has 1 aliphatic heterocycles. The number of phenolic OH excluding ortho intramolecular Hbond substituents is 2. The first kappa shape index (κ1) is 16.3. The highest BCUT2D eigenvalue weighted by Crippen LogP contribution is 2.30. The summed E-state index contributed by atoms with van der Waals surface area (Å²) in [5, 5.41) is 29.1. The van der Waals surface area contributed by atoms with E-state index in [1.165, 1.54) is 6.07 Å². The van der Waals surface area contributed by atoms with E-state index in [-0.39, 0.29) is 41.3 Å². The van der Waals surface area contributed by atoms with Crippen molar-refractivity contribution in [1.82, 2.24) is 0 Å². The monoisotopic (exact) mass is 308 g/mol. The number of Topliss-reactive ketones (excluding diaryl/α,β-unsaturated/α-hetero) is 1. The minimum absolute atomic E-state index is 0.0604. The maximum absolute atomic E-state index is 12.2. The zero-order valence-electron chi connectivity index (χ0n) is 12.4. The molecule has 120 valence electrons. The number of hydrogen-bond donors (Lipinski definition) is 3. The van der Waals surface area contributed by atoms with E-state index in [1.807, 2.05) is 0 Å². The summed E-state index contributed by atoms with van der Waals surface area (Å²) in [5.41, 5.74) is 0.295. The van der Waals surface area contributed by atoms with Crippen LogP contribution in [0.2, 0.25) is 0 Å². The molecule has 1 aromatic rings. The number of aliphatic hydroxyl groups excluding tert-OH is 1. The fourth-order valence-electron chi connectivity index (χ4n) is 2.65. The molecule has 6 nitrogen and oxygen atoms in total. The molecular weight excluding hydrogens is 288 g/mol. The Bertz CT molecular complexity index is 578. The molecule has 2 rings (SSSR count). The van der Waals surface area contributed by atoms with E-state index in [1.54, 1.807) is 6.92 Å². The quantitative estimate of drug-likeness (QED) is 0.682. The first-order valence-corrected chi connectivity index (χ1v) is 7.34. The van der Waals surface area contributed by atoms with E-state index >= 15 is 0 Å². The van der Waals surface area contributed by atoms with Gasteiger partial charge in [-0.1, -0.05) is 0 Å². The van der Waals surface area contributed by atoms with Crippen LogP contribution in [0.25, 0.3) is 0 Å². The van der Waals surface area contributed by atoms with Crippen LogP contribution in [0.1, 0.15) is 48.5 Å². The van der Waals surface area contributed by atoms with Crippen LogP contribution in [-0.2, 0) is 16.0 Å². The summed E-state index contributed by atoms with van der Waals surface area (Å²) in [6, 6.07) is 2.36. The maximum atomic E-state index is 12.2. The number of ether oxygens (including phenoxy) is 1. The van der Waals surface area contributed by atoms with Crippen molar-refractivity contribution < 1.29 is 29.6 Å². The Kier molecular flexibility index (Phi) is 5.03. The molecule has 1 aromatic carbocycles. The molecule has 0 bridgehead atoms. The summed E-state index contributed by atoms with van der Waals surface area (Å²) in [4.78, 5) is 24.3. The zero-order chi connectivity index (χ0) is 16.3. The van der Waals surface area contributed by atoms with Gasteiger partial charge in [0.1, 0.15) is 17.6 Å². The fraction of sp³-hybridized carbons (Fsp3) is 0.500. The highest BCUT2D eigenvalue weighted by atomic mass is 16.6. The summed E-state index contributed by atoms with van der Waals surface area (Å²) in [6.45, 7) is 1.55. The number of aliphatic hydroxyl groups is 1. The number of esters is 1. The van der Waals surface area contributed by atoms with Crippen molar-refractivity contribution in [3.05, 3.63) is 23.3 Å². The second kappa shape index (κ2) is 6.79. The van der Waals surface area contributed by atoms with Crippen molar-refractivity contribution in [3.8, 4) is 11.5 Å². The van der Waals surface area contributed by atoms with Gasteiger partial charge in [0.15, 0.2) is 5.78 Å². The topological polar surface area (TPSA) is 104 Å². The minimum atomic E-state index is -0.794. The van der Waals surface area contributed by atoms with Crippen molar-refractivity contribution in [3.63, 3.8) is 0 Å². The number of fused-ring (bicyclic) bond motifs is 1. The number of aromatic hydroxyl groups is 2. The van der Waals surface area contributed by atoms with Crippen LogP contribution in [0.15, 0.2) is 12.1 Å². The molecule has 0 fully saturated rings. The van der Waals surface area contributed by atoms with E-state index in [2.05, 4.69) is 0 Å². The van der Waals surface area contributed by atoms with Crippen LogP contribution >= 0.6 is 0 Å². The van der Waals surface area contributed by atoms with Crippen molar-refractivity contribution in [2.24, 2.45) is 0 Å². The third-order valence-electron chi connectivity index (χ3n) is 3.76. The first-order valence-electron chi connectivity index (χ1n) is 7.34. The van der Waals surface area contributed by atoms with Crippen molar-refractivity contribution in [1.29, 1.82) is 0 Å². The average molecular weight is 308 g/mol. The maximum Gasteiger partial charge on any atom is 0.310 e. The third kappa shape index (κ3) is 3.76. The second-order valence-electron chi connectivity index (χ2n) is 5.61. The highest BCUT2D eigenvalue weighted by molar-refractivity contribution is 6.01. The van der Waals surface area contributed by atoms with Crippen LogP contribution < -0.4 is 0 Å². The van der Waals surface area contributed by atoms with Gasteiger partial charge in [-0.3, -0.25) is 9.59 Å². The Balaban J connectivity index is 2.36. The fourth-order valence-corrected chi connectivity index (χ4v) is 2.65. The van der Waals surface area contributed by atoms with Crippen LogP contribution in [0, 0.1) is 0 Å². The summed E-state index contributed by atoms with van der Waals surface area (Å²) >= 11 is 0. The molecule has 0 radical (unpaired) electrons. The van der Waals surface area contributed by atoms with Crippen LogP contribution in [0.3, 0.4) is 0 Å². The van der Waals surface area contributed by atoms with Gasteiger partial charge >= 0.3 is 5.97 Å². The first-order chi connectivity index (χ1) is 10.4. The summed E-state index contributed by atoms with van der Waals surface area (Å²) in [7, 11) is 0.